The molecule has 17 heavy (non-hydrogen) atoms. The van der Waals surface area contributed by atoms with Crippen molar-refractivity contribution < 1.29 is 13.2 Å². The number of hydrogen-bond acceptors (Lipinski definition) is 1. The van der Waals surface area contributed by atoms with Crippen LogP contribution in [-0.4, -0.2) is 18.6 Å². The minimum absolute atomic E-state index is 0.533. The van der Waals surface area contributed by atoms with E-state index in [1.807, 2.05) is 13.1 Å². The number of hydrogen-bond donors (Lipinski definition) is 2. The standard InChI is InChI=1S/C12H13F3N2/c1-16-6-5-8-3-2-4-10-9(8)7-11(17-10)12(13,14)15/h2-4,7,16-17H,5-6H2,1H3. The smallest absolute Gasteiger partial charge is 0.351 e. The van der Waals surface area contributed by atoms with Gasteiger partial charge in [0, 0.05) is 10.9 Å². The highest BCUT2D eigenvalue weighted by Gasteiger charge is 2.32. The maximum atomic E-state index is 12.6. The van der Waals surface area contributed by atoms with Crippen LogP contribution in [0.25, 0.3) is 10.9 Å². The Kier molecular flexibility index (Phi) is 3.11. The van der Waals surface area contributed by atoms with Crippen LogP contribution in [0.4, 0.5) is 13.2 Å². The highest BCUT2D eigenvalue weighted by atomic mass is 19.4. The summed E-state index contributed by atoms with van der Waals surface area (Å²) < 4.78 is 37.7. The largest absolute Gasteiger partial charge is 0.431 e. The molecule has 0 fully saturated rings. The van der Waals surface area contributed by atoms with Gasteiger partial charge in [-0.1, -0.05) is 12.1 Å². The van der Waals surface area contributed by atoms with E-state index in [9.17, 15) is 13.2 Å². The summed E-state index contributed by atoms with van der Waals surface area (Å²) in [5.74, 6) is 0. The number of nitrogens with one attached hydrogen (secondary N) is 2. The van der Waals surface area contributed by atoms with Crippen molar-refractivity contribution in [1.29, 1.82) is 0 Å². The molecule has 1 aromatic heterocycles. The van der Waals surface area contributed by atoms with Crippen LogP contribution in [-0.2, 0) is 12.6 Å². The van der Waals surface area contributed by atoms with Gasteiger partial charge in [0.05, 0.1) is 0 Å². The summed E-state index contributed by atoms with van der Waals surface area (Å²) in [6.45, 7) is 0.742. The number of aromatic amines is 1. The van der Waals surface area contributed by atoms with Crippen LogP contribution in [0, 0.1) is 0 Å². The quantitative estimate of drug-likeness (QED) is 0.850. The molecule has 0 unspecified atom stereocenters. The summed E-state index contributed by atoms with van der Waals surface area (Å²) in [5.41, 5.74) is 0.763. The number of alkyl halides is 3. The summed E-state index contributed by atoms with van der Waals surface area (Å²) in [6, 6.07) is 6.46. The third-order valence-corrected chi connectivity index (χ3v) is 2.70. The van der Waals surface area contributed by atoms with Gasteiger partial charge in [-0.2, -0.15) is 13.2 Å². The highest BCUT2D eigenvalue weighted by Crippen LogP contribution is 2.32. The Balaban J connectivity index is 2.45. The lowest BCUT2D eigenvalue weighted by Crippen LogP contribution is -2.10. The van der Waals surface area contributed by atoms with Crippen molar-refractivity contribution in [2.45, 2.75) is 12.6 Å². The molecular formula is C12H13F3N2. The predicted molar refractivity (Wildman–Crippen MR) is 60.9 cm³/mol. The molecule has 0 saturated carbocycles. The third kappa shape index (κ3) is 2.44. The minimum Gasteiger partial charge on any atom is -0.351 e. The van der Waals surface area contributed by atoms with Gasteiger partial charge in [-0.25, -0.2) is 0 Å². The molecule has 0 aliphatic carbocycles. The molecule has 2 rings (SSSR count). The van der Waals surface area contributed by atoms with Gasteiger partial charge >= 0.3 is 6.18 Å². The van der Waals surface area contributed by atoms with Gasteiger partial charge in [-0.3, -0.25) is 0 Å². The molecule has 0 amide bonds. The first-order chi connectivity index (χ1) is 8.02. The number of fused-ring (bicyclic) bond motifs is 1. The molecule has 0 aliphatic heterocycles. The molecule has 5 heteroatoms. The maximum Gasteiger partial charge on any atom is 0.431 e. The first-order valence-corrected chi connectivity index (χ1v) is 5.35. The number of halogens is 3. The van der Waals surface area contributed by atoms with Crippen molar-refractivity contribution >= 4 is 10.9 Å². The Labute approximate surface area is 96.8 Å². The molecule has 92 valence electrons. The summed E-state index contributed by atoms with van der Waals surface area (Å²) in [4.78, 5) is 2.41. The number of aromatic nitrogens is 1. The van der Waals surface area contributed by atoms with Crippen molar-refractivity contribution in [1.82, 2.24) is 10.3 Å². The van der Waals surface area contributed by atoms with Gasteiger partial charge < -0.3 is 10.3 Å². The Morgan fingerprint density at radius 2 is 2.06 bits per heavy atom. The predicted octanol–water partition coefficient (Wildman–Crippen LogP) is 2.95. The van der Waals surface area contributed by atoms with Crippen LogP contribution in [0.2, 0.25) is 0 Å². The Hall–Kier alpha value is -1.49. The van der Waals surface area contributed by atoms with Crippen molar-refractivity contribution in [2.75, 3.05) is 13.6 Å². The average molecular weight is 242 g/mol. The molecule has 0 spiro atoms. The zero-order chi connectivity index (χ0) is 12.5. The fourth-order valence-electron chi connectivity index (χ4n) is 1.85. The van der Waals surface area contributed by atoms with E-state index in [0.717, 1.165) is 12.1 Å². The van der Waals surface area contributed by atoms with Crippen LogP contribution >= 0.6 is 0 Å². The van der Waals surface area contributed by atoms with Gasteiger partial charge in [-0.05, 0) is 37.7 Å². The molecule has 0 radical (unpaired) electrons. The molecule has 0 aliphatic rings. The van der Waals surface area contributed by atoms with E-state index in [-0.39, 0.29) is 0 Å². The number of H-pyrrole nitrogens is 1. The van der Waals surface area contributed by atoms with E-state index in [1.54, 1.807) is 12.1 Å². The fourth-order valence-corrected chi connectivity index (χ4v) is 1.85. The first kappa shape index (κ1) is 12.0. The van der Waals surface area contributed by atoms with Gasteiger partial charge in [0.2, 0.25) is 0 Å². The molecular weight excluding hydrogens is 229 g/mol. The third-order valence-electron chi connectivity index (χ3n) is 2.70. The van der Waals surface area contributed by atoms with Crippen LogP contribution in [0.5, 0.6) is 0 Å². The molecule has 2 nitrogen and oxygen atoms in total. The second-order valence-corrected chi connectivity index (χ2v) is 3.91. The summed E-state index contributed by atoms with van der Waals surface area (Å²) in [6.07, 6.45) is -3.61. The normalized spacial score (nSPS) is 12.2. The zero-order valence-electron chi connectivity index (χ0n) is 9.36. The number of benzene rings is 1. The Bertz CT molecular complexity index is 514. The van der Waals surface area contributed by atoms with Crippen molar-refractivity contribution in [3.63, 3.8) is 0 Å². The summed E-state index contributed by atoms with van der Waals surface area (Å²) in [5, 5.41) is 3.63. The highest BCUT2D eigenvalue weighted by molar-refractivity contribution is 5.84. The maximum absolute atomic E-state index is 12.6. The number of likely N-dealkylation sites (N-methyl/N-ethyl adjacent to an activating group) is 1. The molecule has 1 aromatic carbocycles. The van der Waals surface area contributed by atoms with Crippen LogP contribution in [0.15, 0.2) is 24.3 Å². The lowest BCUT2D eigenvalue weighted by molar-refractivity contribution is -0.140. The molecule has 0 atom stereocenters. The molecule has 0 saturated heterocycles. The topological polar surface area (TPSA) is 27.8 Å². The molecule has 2 aromatic rings. The molecule has 1 heterocycles. The van der Waals surface area contributed by atoms with E-state index in [4.69, 9.17) is 0 Å². The fraction of sp³-hybridized carbons (Fsp3) is 0.333. The summed E-state index contributed by atoms with van der Waals surface area (Å²) >= 11 is 0. The van der Waals surface area contributed by atoms with Gasteiger partial charge in [0.1, 0.15) is 5.69 Å². The van der Waals surface area contributed by atoms with E-state index in [1.165, 1.54) is 6.07 Å². The summed E-state index contributed by atoms with van der Waals surface area (Å²) in [7, 11) is 1.82. The SMILES string of the molecule is CNCCc1cccc2[nH]c(C(F)(F)F)cc12. The lowest BCUT2D eigenvalue weighted by atomic mass is 10.1. The Morgan fingerprint density at radius 1 is 1.29 bits per heavy atom. The van der Waals surface area contributed by atoms with E-state index < -0.39 is 11.9 Å². The second kappa shape index (κ2) is 4.41. The lowest BCUT2D eigenvalue weighted by Gasteiger charge is -2.02. The first-order valence-electron chi connectivity index (χ1n) is 5.35. The molecule has 2 N–H and O–H groups in total. The van der Waals surface area contributed by atoms with Crippen LogP contribution in [0.1, 0.15) is 11.3 Å². The van der Waals surface area contributed by atoms with E-state index in [0.29, 0.717) is 17.3 Å². The zero-order valence-corrected chi connectivity index (χ0v) is 9.36. The second-order valence-electron chi connectivity index (χ2n) is 3.91. The van der Waals surface area contributed by atoms with Crippen molar-refractivity contribution in [3.05, 3.63) is 35.5 Å². The van der Waals surface area contributed by atoms with Crippen molar-refractivity contribution in [3.8, 4) is 0 Å². The van der Waals surface area contributed by atoms with Crippen LogP contribution in [0.3, 0.4) is 0 Å². The minimum atomic E-state index is -4.32. The number of rotatable bonds is 3. The van der Waals surface area contributed by atoms with Gasteiger partial charge in [-0.15, -0.1) is 0 Å². The van der Waals surface area contributed by atoms with Gasteiger partial charge in [0.15, 0.2) is 0 Å². The van der Waals surface area contributed by atoms with Crippen molar-refractivity contribution in [2.24, 2.45) is 0 Å². The Morgan fingerprint density at radius 3 is 2.71 bits per heavy atom. The van der Waals surface area contributed by atoms with E-state index in [2.05, 4.69) is 10.3 Å². The average Bonchev–Trinajstić information content (AvgIpc) is 2.70. The molecule has 0 bridgehead atoms. The van der Waals surface area contributed by atoms with Gasteiger partial charge in [0.25, 0.3) is 0 Å². The van der Waals surface area contributed by atoms with Crippen LogP contribution < -0.4 is 5.32 Å². The monoisotopic (exact) mass is 242 g/mol. The van der Waals surface area contributed by atoms with E-state index >= 15 is 0 Å².